The molecule has 0 aliphatic rings. The Labute approximate surface area is 81.6 Å². The maximum Gasteiger partial charge on any atom is 0.254 e. The van der Waals surface area contributed by atoms with Crippen molar-refractivity contribution < 1.29 is 4.79 Å². The van der Waals surface area contributed by atoms with E-state index in [1.54, 1.807) is 0 Å². The molecule has 0 fully saturated rings. The highest BCUT2D eigenvalue weighted by Gasteiger charge is 2.13. The summed E-state index contributed by atoms with van der Waals surface area (Å²) in [5.74, 6) is 0.912. The van der Waals surface area contributed by atoms with E-state index in [2.05, 4.69) is 40.3 Å². The van der Waals surface area contributed by atoms with Crippen LogP contribution in [0.4, 0.5) is 0 Å². The van der Waals surface area contributed by atoms with Crippen LogP contribution in [-0.4, -0.2) is 23.9 Å². The summed E-state index contributed by atoms with van der Waals surface area (Å²) in [4.78, 5) is 13.1. The molecule has 0 N–H and O–H groups in total. The summed E-state index contributed by atoms with van der Waals surface area (Å²) in [6.45, 7) is 13.4. The molecule has 1 radical (unpaired) electrons. The first-order chi connectivity index (χ1) is 5.97. The van der Waals surface area contributed by atoms with Crippen LogP contribution >= 0.6 is 0 Å². The molecule has 0 rings (SSSR count). The molecule has 0 saturated carbocycles. The number of rotatable bonds is 5. The monoisotopic (exact) mass is 182 g/mol. The van der Waals surface area contributed by atoms with Gasteiger partial charge in [0.25, 0.3) is 5.91 Å². The molecule has 0 bridgehead atoms. The van der Waals surface area contributed by atoms with Crippen molar-refractivity contribution >= 4 is 5.91 Å². The smallest absolute Gasteiger partial charge is 0.254 e. The Hall–Kier alpha value is -0.790. The summed E-state index contributed by atoms with van der Waals surface area (Å²) in [6, 6.07) is 0. The number of carbonyl (C=O) groups is 1. The summed E-state index contributed by atoms with van der Waals surface area (Å²) >= 11 is 0. The largest absolute Gasteiger partial charge is 0.338 e. The molecule has 0 saturated heterocycles. The fourth-order valence-electron chi connectivity index (χ4n) is 1.23. The van der Waals surface area contributed by atoms with Gasteiger partial charge in [0.1, 0.15) is 0 Å². The Kier molecular flexibility index (Phi) is 5.44. The number of carbonyl (C=O) groups excluding carboxylic acids is 1. The van der Waals surface area contributed by atoms with E-state index in [1.165, 1.54) is 0 Å². The van der Waals surface area contributed by atoms with Crippen molar-refractivity contribution in [2.24, 2.45) is 11.8 Å². The van der Waals surface area contributed by atoms with Crippen molar-refractivity contribution in [3.63, 3.8) is 0 Å². The molecule has 0 aromatic carbocycles. The Morgan fingerprint density at radius 3 is 1.85 bits per heavy atom. The fraction of sp³-hybridized carbons (Fsp3) is 0.727. The molecule has 75 valence electrons. The third-order valence-electron chi connectivity index (χ3n) is 1.61. The van der Waals surface area contributed by atoms with Crippen LogP contribution in [0.3, 0.4) is 0 Å². The first kappa shape index (κ1) is 12.2. The summed E-state index contributed by atoms with van der Waals surface area (Å²) < 4.78 is 0. The molecule has 13 heavy (non-hydrogen) atoms. The molecule has 1 amide bonds. The van der Waals surface area contributed by atoms with E-state index < -0.39 is 0 Å². The maximum atomic E-state index is 11.3. The lowest BCUT2D eigenvalue weighted by molar-refractivity contribution is -0.127. The van der Waals surface area contributed by atoms with Crippen molar-refractivity contribution in [1.82, 2.24) is 4.90 Å². The van der Waals surface area contributed by atoms with Crippen LogP contribution in [0, 0.1) is 17.9 Å². The third-order valence-corrected chi connectivity index (χ3v) is 1.61. The minimum absolute atomic E-state index is 0.0811. The van der Waals surface area contributed by atoms with Gasteiger partial charge in [0.2, 0.25) is 0 Å². The van der Waals surface area contributed by atoms with Crippen molar-refractivity contribution in [2.75, 3.05) is 13.1 Å². The summed E-state index contributed by atoms with van der Waals surface area (Å²) in [5.41, 5.74) is 0. The van der Waals surface area contributed by atoms with Gasteiger partial charge < -0.3 is 4.90 Å². The zero-order chi connectivity index (χ0) is 10.4. The lowest BCUT2D eigenvalue weighted by atomic mass is 10.1. The first-order valence-corrected chi connectivity index (χ1v) is 4.79. The Bertz CT molecular complexity index is 163. The van der Waals surface area contributed by atoms with Crippen LogP contribution in [0.15, 0.2) is 6.58 Å². The van der Waals surface area contributed by atoms with Crippen LogP contribution < -0.4 is 0 Å². The van der Waals surface area contributed by atoms with Crippen LogP contribution in [0.1, 0.15) is 27.7 Å². The predicted molar refractivity (Wildman–Crippen MR) is 55.1 cm³/mol. The second-order valence-corrected chi connectivity index (χ2v) is 4.17. The number of hydrogen-bond donors (Lipinski definition) is 0. The van der Waals surface area contributed by atoms with Crippen LogP contribution in [0.5, 0.6) is 0 Å². The summed E-state index contributed by atoms with van der Waals surface area (Å²) in [7, 11) is 0. The van der Waals surface area contributed by atoms with Gasteiger partial charge in [0.15, 0.2) is 0 Å². The van der Waals surface area contributed by atoms with E-state index in [0.29, 0.717) is 11.8 Å². The summed E-state index contributed by atoms with van der Waals surface area (Å²) in [5, 5.41) is 0. The van der Waals surface area contributed by atoms with Crippen LogP contribution in [0.25, 0.3) is 0 Å². The zero-order valence-electron chi connectivity index (χ0n) is 9.13. The molecule has 0 aliphatic heterocycles. The molecule has 0 heterocycles. The maximum absolute atomic E-state index is 11.3. The van der Waals surface area contributed by atoms with Gasteiger partial charge in [-0.15, -0.1) is 0 Å². The van der Waals surface area contributed by atoms with Gasteiger partial charge in [-0.1, -0.05) is 34.3 Å². The van der Waals surface area contributed by atoms with E-state index in [0.717, 1.165) is 13.1 Å². The minimum Gasteiger partial charge on any atom is -0.338 e. The highest BCUT2D eigenvalue weighted by atomic mass is 16.2. The van der Waals surface area contributed by atoms with Crippen LogP contribution in [0.2, 0.25) is 0 Å². The highest BCUT2D eigenvalue weighted by Crippen LogP contribution is 2.04. The minimum atomic E-state index is -0.0811. The van der Waals surface area contributed by atoms with E-state index in [4.69, 9.17) is 0 Å². The van der Waals surface area contributed by atoms with Crippen molar-refractivity contribution in [2.45, 2.75) is 27.7 Å². The number of hydrogen-bond acceptors (Lipinski definition) is 1. The van der Waals surface area contributed by atoms with E-state index >= 15 is 0 Å². The van der Waals surface area contributed by atoms with Crippen molar-refractivity contribution in [1.29, 1.82) is 0 Å². The highest BCUT2D eigenvalue weighted by molar-refractivity contribution is 5.83. The molecule has 2 heteroatoms. The summed E-state index contributed by atoms with van der Waals surface area (Å²) in [6.07, 6.45) is 2.41. The van der Waals surface area contributed by atoms with Gasteiger partial charge >= 0.3 is 0 Å². The molecule has 0 spiro atoms. The second-order valence-electron chi connectivity index (χ2n) is 4.17. The quantitative estimate of drug-likeness (QED) is 0.596. The van der Waals surface area contributed by atoms with Gasteiger partial charge in [-0.25, -0.2) is 0 Å². The lowest BCUT2D eigenvalue weighted by Gasteiger charge is -2.24. The Balaban J connectivity index is 4.18. The van der Waals surface area contributed by atoms with Gasteiger partial charge in [0.05, 0.1) is 0 Å². The Morgan fingerprint density at radius 2 is 1.62 bits per heavy atom. The number of amides is 1. The molecular weight excluding hydrogens is 162 g/mol. The second kappa shape index (κ2) is 5.79. The average Bonchev–Trinajstić information content (AvgIpc) is 2.00. The third kappa shape index (κ3) is 5.45. The normalized spacial score (nSPS) is 10.6. The van der Waals surface area contributed by atoms with Gasteiger partial charge in [0, 0.05) is 19.2 Å². The SMILES string of the molecule is C=[C]C(=O)N(CC(C)C)CC(C)C. The average molecular weight is 182 g/mol. The molecule has 0 atom stereocenters. The van der Waals surface area contributed by atoms with E-state index in [9.17, 15) is 4.79 Å². The predicted octanol–water partition coefficient (Wildman–Crippen LogP) is 2.12. The van der Waals surface area contributed by atoms with Gasteiger partial charge in [-0.05, 0) is 11.8 Å². The van der Waals surface area contributed by atoms with Crippen molar-refractivity contribution in [3.8, 4) is 0 Å². The van der Waals surface area contributed by atoms with Crippen LogP contribution in [-0.2, 0) is 4.79 Å². The molecule has 2 nitrogen and oxygen atoms in total. The van der Waals surface area contributed by atoms with E-state index in [1.807, 2.05) is 4.90 Å². The zero-order valence-corrected chi connectivity index (χ0v) is 9.13. The fourth-order valence-corrected chi connectivity index (χ4v) is 1.23. The molecule has 0 aromatic rings. The molecule has 0 aliphatic carbocycles. The van der Waals surface area contributed by atoms with E-state index in [-0.39, 0.29) is 5.91 Å². The lowest BCUT2D eigenvalue weighted by Crippen LogP contribution is -2.35. The molecule has 0 unspecified atom stereocenters. The number of nitrogens with zero attached hydrogens (tertiary/aromatic N) is 1. The van der Waals surface area contributed by atoms with Crippen molar-refractivity contribution in [3.05, 3.63) is 12.7 Å². The Morgan fingerprint density at radius 1 is 1.23 bits per heavy atom. The first-order valence-electron chi connectivity index (χ1n) is 4.79. The standard InChI is InChI=1S/C11H20NO/c1-6-11(13)12(7-9(2)3)8-10(4)5/h9-10H,1,7-8H2,2-5H3. The molecule has 0 aromatic heterocycles. The topological polar surface area (TPSA) is 20.3 Å². The van der Waals surface area contributed by atoms with Gasteiger partial charge in [-0.3, -0.25) is 4.79 Å². The molecular formula is C11H20NO. The van der Waals surface area contributed by atoms with Gasteiger partial charge in [-0.2, -0.15) is 0 Å².